The van der Waals surface area contributed by atoms with Crippen LogP contribution < -0.4 is 10.9 Å². The van der Waals surface area contributed by atoms with Gasteiger partial charge in [-0.25, -0.2) is 4.98 Å². The number of anilines is 1. The highest BCUT2D eigenvalue weighted by Gasteiger charge is 2.28. The molecule has 1 atom stereocenters. The number of aryl methyl sites for hydroxylation is 1. The van der Waals surface area contributed by atoms with E-state index in [0.29, 0.717) is 18.2 Å². The first-order valence-electron chi connectivity index (χ1n) is 11.7. The lowest BCUT2D eigenvalue weighted by Crippen LogP contribution is -2.26. The van der Waals surface area contributed by atoms with Crippen LogP contribution >= 0.6 is 0 Å². The van der Waals surface area contributed by atoms with Crippen molar-refractivity contribution in [1.29, 1.82) is 0 Å². The molecule has 3 heterocycles. The average molecular weight is 443 g/mol. The quantitative estimate of drug-likeness (QED) is 0.464. The topological polar surface area (TPSA) is 61.1 Å². The predicted octanol–water partition coefficient (Wildman–Crippen LogP) is 4.85. The molecule has 0 amide bonds. The molecule has 6 nitrogen and oxygen atoms in total. The third-order valence-electron chi connectivity index (χ3n) is 6.61. The minimum Gasteiger partial charge on any atom is -0.381 e. The van der Waals surface area contributed by atoms with Crippen LogP contribution in [0.4, 0.5) is 5.69 Å². The van der Waals surface area contributed by atoms with E-state index in [1.807, 2.05) is 25.5 Å². The van der Waals surface area contributed by atoms with Gasteiger partial charge in [0.2, 0.25) is 0 Å². The van der Waals surface area contributed by atoms with Crippen molar-refractivity contribution in [1.82, 2.24) is 14.1 Å². The molecule has 0 bridgehead atoms. The predicted molar refractivity (Wildman–Crippen MR) is 133 cm³/mol. The molecule has 1 aliphatic heterocycles. The van der Waals surface area contributed by atoms with E-state index in [4.69, 9.17) is 9.72 Å². The Morgan fingerprint density at radius 2 is 1.88 bits per heavy atom. The van der Waals surface area contributed by atoms with E-state index in [0.717, 1.165) is 48.2 Å². The largest absolute Gasteiger partial charge is 0.381 e. The zero-order valence-electron chi connectivity index (χ0n) is 19.2. The molecule has 0 saturated carbocycles. The van der Waals surface area contributed by atoms with Gasteiger partial charge in [-0.15, -0.1) is 0 Å². The first-order chi connectivity index (χ1) is 16.2. The first-order valence-corrected chi connectivity index (χ1v) is 11.7. The van der Waals surface area contributed by atoms with Crippen LogP contribution in [0.5, 0.6) is 0 Å². The maximum absolute atomic E-state index is 12.5. The van der Waals surface area contributed by atoms with E-state index >= 15 is 0 Å². The Hall–Kier alpha value is -3.38. The van der Waals surface area contributed by atoms with Crippen molar-refractivity contribution in [2.75, 3.05) is 25.1 Å². The van der Waals surface area contributed by atoms with Crippen molar-refractivity contribution in [3.8, 4) is 11.1 Å². The summed E-state index contributed by atoms with van der Waals surface area (Å²) in [4.78, 5) is 17.2. The van der Waals surface area contributed by atoms with Crippen molar-refractivity contribution in [2.24, 2.45) is 13.0 Å². The summed E-state index contributed by atoms with van der Waals surface area (Å²) in [5.41, 5.74) is 6.05. The summed E-state index contributed by atoms with van der Waals surface area (Å²) >= 11 is 0. The maximum atomic E-state index is 12.5. The van der Waals surface area contributed by atoms with Crippen LogP contribution in [-0.2, 0) is 11.8 Å². The Balaban J connectivity index is 1.63. The minimum absolute atomic E-state index is 0.0182. The Morgan fingerprint density at radius 1 is 1.09 bits per heavy atom. The van der Waals surface area contributed by atoms with Crippen LogP contribution in [-0.4, -0.2) is 33.9 Å². The summed E-state index contributed by atoms with van der Waals surface area (Å²) in [5, 5.41) is 3.19. The van der Waals surface area contributed by atoms with E-state index in [-0.39, 0.29) is 11.6 Å². The SMILES string of the molecule is CCNc1cc(-c2ccc3ncn(C(c4ccccc4)C4CCOCC4)c3c2)cn(C)c1=O. The average Bonchev–Trinajstić information content (AvgIpc) is 3.26. The Bertz CT molecular complexity index is 1300. The second-order valence-electron chi connectivity index (χ2n) is 8.75. The number of ether oxygens (including phenoxy) is 1. The second-order valence-corrected chi connectivity index (χ2v) is 8.75. The third kappa shape index (κ3) is 4.18. The van der Waals surface area contributed by atoms with Gasteiger partial charge in [0.25, 0.3) is 5.56 Å². The Kier molecular flexibility index (Phi) is 6.01. The van der Waals surface area contributed by atoms with Gasteiger partial charge < -0.3 is 19.2 Å². The first kappa shape index (κ1) is 21.5. The fourth-order valence-electron chi connectivity index (χ4n) is 4.96. The summed E-state index contributed by atoms with van der Waals surface area (Å²) < 4.78 is 9.63. The molecule has 0 aliphatic carbocycles. The fraction of sp³-hybridized carbons (Fsp3) is 0.333. The van der Waals surface area contributed by atoms with Crippen molar-refractivity contribution in [3.05, 3.63) is 83.0 Å². The summed E-state index contributed by atoms with van der Waals surface area (Å²) in [6.45, 7) is 4.30. The molecule has 33 heavy (non-hydrogen) atoms. The number of nitrogens with zero attached hydrogens (tertiary/aromatic N) is 3. The fourth-order valence-corrected chi connectivity index (χ4v) is 4.96. The molecular weight excluding hydrogens is 412 g/mol. The highest BCUT2D eigenvalue weighted by molar-refractivity contribution is 5.83. The monoisotopic (exact) mass is 442 g/mol. The van der Waals surface area contributed by atoms with Crippen molar-refractivity contribution in [3.63, 3.8) is 0 Å². The van der Waals surface area contributed by atoms with Crippen LogP contribution in [0.3, 0.4) is 0 Å². The molecular formula is C27H30N4O2. The van der Waals surface area contributed by atoms with Crippen LogP contribution in [0.15, 0.2) is 71.9 Å². The molecule has 1 fully saturated rings. The molecule has 0 spiro atoms. The van der Waals surface area contributed by atoms with Gasteiger partial charge in [-0.2, -0.15) is 0 Å². The summed E-state index contributed by atoms with van der Waals surface area (Å²) in [6.07, 6.45) is 5.95. The third-order valence-corrected chi connectivity index (χ3v) is 6.61. The van der Waals surface area contributed by atoms with E-state index in [1.165, 1.54) is 5.56 Å². The van der Waals surface area contributed by atoms with Gasteiger partial charge in [-0.05, 0) is 55.0 Å². The van der Waals surface area contributed by atoms with Gasteiger partial charge in [0.05, 0.1) is 23.4 Å². The summed E-state index contributed by atoms with van der Waals surface area (Å²) in [5.74, 6) is 0.486. The molecule has 1 saturated heterocycles. The van der Waals surface area contributed by atoms with Gasteiger partial charge in [0.15, 0.2) is 0 Å². The van der Waals surface area contributed by atoms with E-state index in [1.54, 1.807) is 11.6 Å². The number of imidazole rings is 1. The van der Waals surface area contributed by atoms with Gasteiger partial charge in [0, 0.05) is 38.6 Å². The second kappa shape index (κ2) is 9.24. The van der Waals surface area contributed by atoms with Crippen molar-refractivity contribution >= 4 is 16.7 Å². The highest BCUT2D eigenvalue weighted by Crippen LogP contribution is 2.36. The number of pyridine rings is 1. The molecule has 2 aromatic heterocycles. The molecule has 0 radical (unpaired) electrons. The lowest BCUT2D eigenvalue weighted by molar-refractivity contribution is 0.0547. The minimum atomic E-state index is -0.0182. The lowest BCUT2D eigenvalue weighted by Gasteiger charge is -2.32. The molecule has 6 heteroatoms. The maximum Gasteiger partial charge on any atom is 0.273 e. The number of rotatable bonds is 6. The Labute approximate surface area is 193 Å². The number of hydrogen-bond acceptors (Lipinski definition) is 4. The van der Waals surface area contributed by atoms with E-state index < -0.39 is 0 Å². The highest BCUT2D eigenvalue weighted by atomic mass is 16.5. The van der Waals surface area contributed by atoms with Crippen molar-refractivity contribution < 1.29 is 4.74 Å². The molecule has 1 aliphatic rings. The lowest BCUT2D eigenvalue weighted by atomic mass is 9.86. The molecule has 170 valence electrons. The normalized spacial score (nSPS) is 15.6. The molecule has 5 rings (SSSR count). The number of hydrogen-bond donors (Lipinski definition) is 1. The smallest absolute Gasteiger partial charge is 0.273 e. The Morgan fingerprint density at radius 3 is 2.64 bits per heavy atom. The number of fused-ring (bicyclic) bond motifs is 1. The van der Waals surface area contributed by atoms with E-state index in [9.17, 15) is 4.79 Å². The molecule has 1 N–H and O–H groups in total. The van der Waals surface area contributed by atoms with Crippen LogP contribution in [0.1, 0.15) is 31.4 Å². The molecule has 1 unspecified atom stereocenters. The standard InChI is InChI=1S/C27H30N4O2/c1-3-28-24-15-22(17-30(2)27(24)32)21-9-10-23-25(16-21)31(18-29-23)26(19-7-5-4-6-8-19)20-11-13-33-14-12-20/h4-10,15-18,20,26,28H,3,11-14H2,1-2H3. The van der Waals surface area contributed by atoms with Gasteiger partial charge in [-0.3, -0.25) is 4.79 Å². The van der Waals surface area contributed by atoms with Gasteiger partial charge in [-0.1, -0.05) is 36.4 Å². The van der Waals surface area contributed by atoms with Gasteiger partial charge >= 0.3 is 0 Å². The zero-order chi connectivity index (χ0) is 22.8. The summed E-state index contributed by atoms with van der Waals surface area (Å²) in [6, 6.07) is 19.2. The van der Waals surface area contributed by atoms with E-state index in [2.05, 4.69) is 58.4 Å². The zero-order valence-corrected chi connectivity index (χ0v) is 19.2. The van der Waals surface area contributed by atoms with Gasteiger partial charge in [0.1, 0.15) is 5.69 Å². The van der Waals surface area contributed by atoms with Crippen LogP contribution in [0.2, 0.25) is 0 Å². The van der Waals surface area contributed by atoms with Crippen LogP contribution in [0, 0.1) is 5.92 Å². The van der Waals surface area contributed by atoms with Crippen LogP contribution in [0.25, 0.3) is 22.2 Å². The summed E-state index contributed by atoms with van der Waals surface area (Å²) in [7, 11) is 1.80. The number of aromatic nitrogens is 3. The number of nitrogens with one attached hydrogen (secondary N) is 1. The van der Waals surface area contributed by atoms with Crippen molar-refractivity contribution in [2.45, 2.75) is 25.8 Å². The number of benzene rings is 2. The molecule has 2 aromatic carbocycles. The molecule has 4 aromatic rings.